The fraction of sp³-hybridized carbons (Fsp3) is 0.185. The summed E-state index contributed by atoms with van der Waals surface area (Å²) in [5.74, 6) is 0.776. The third-order valence-electron chi connectivity index (χ3n) is 6.22. The Morgan fingerprint density at radius 1 is 1.11 bits per heavy atom. The van der Waals surface area contributed by atoms with Crippen molar-refractivity contribution < 1.29 is 4.79 Å². The molecule has 0 aliphatic heterocycles. The van der Waals surface area contributed by atoms with Crippen molar-refractivity contribution >= 4 is 33.5 Å². The molecule has 6 aromatic heterocycles. The molecular weight excluding hydrogens is 466 g/mol. The molecule has 0 saturated carbocycles. The number of carbonyl (C=O) groups is 1. The molecule has 184 valence electrons. The summed E-state index contributed by atoms with van der Waals surface area (Å²) in [5.41, 5.74) is 7.13. The molecule has 0 spiro atoms. The third-order valence-corrected chi connectivity index (χ3v) is 6.22. The molecule has 10 heteroatoms. The topological polar surface area (TPSA) is 130 Å². The maximum atomic E-state index is 12.2. The number of carbonyl (C=O) groups excluding carboxylic acids is 1. The number of hydrogen-bond acceptors (Lipinski definition) is 6. The predicted octanol–water partition coefficient (Wildman–Crippen LogP) is 5.19. The average Bonchev–Trinajstić information content (AvgIpc) is 3.64. The first-order valence-corrected chi connectivity index (χ1v) is 12.2. The zero-order chi connectivity index (χ0) is 25.4. The van der Waals surface area contributed by atoms with Gasteiger partial charge in [-0.15, -0.1) is 0 Å². The Morgan fingerprint density at radius 3 is 2.86 bits per heavy atom. The summed E-state index contributed by atoms with van der Waals surface area (Å²) in [4.78, 5) is 33.7. The molecule has 0 aromatic carbocycles. The van der Waals surface area contributed by atoms with Crippen LogP contribution in [0.25, 0.3) is 50.4 Å². The van der Waals surface area contributed by atoms with Crippen LogP contribution in [0.1, 0.15) is 31.9 Å². The van der Waals surface area contributed by atoms with Gasteiger partial charge in [-0.3, -0.25) is 19.4 Å². The van der Waals surface area contributed by atoms with Crippen LogP contribution in [0, 0.1) is 6.92 Å². The van der Waals surface area contributed by atoms with E-state index in [-0.39, 0.29) is 5.91 Å². The van der Waals surface area contributed by atoms with Crippen LogP contribution in [0.4, 0.5) is 5.69 Å². The quantitative estimate of drug-likeness (QED) is 0.282. The van der Waals surface area contributed by atoms with Crippen LogP contribution >= 0.6 is 0 Å². The van der Waals surface area contributed by atoms with Crippen molar-refractivity contribution in [2.45, 2.75) is 33.1 Å². The summed E-state index contributed by atoms with van der Waals surface area (Å²) in [6, 6.07) is 9.72. The molecule has 6 rings (SSSR count). The van der Waals surface area contributed by atoms with Crippen molar-refractivity contribution in [2.24, 2.45) is 0 Å². The Hall–Kier alpha value is -4.86. The number of H-pyrrole nitrogens is 2. The molecule has 0 atom stereocenters. The van der Waals surface area contributed by atoms with Crippen molar-refractivity contribution in [3.8, 4) is 28.5 Å². The first-order valence-electron chi connectivity index (χ1n) is 12.2. The third kappa shape index (κ3) is 4.33. The highest BCUT2D eigenvalue weighted by Crippen LogP contribution is 2.31. The number of nitrogens with zero attached hydrogens (tertiary/aromatic N) is 6. The highest BCUT2D eigenvalue weighted by Gasteiger charge is 2.16. The zero-order valence-corrected chi connectivity index (χ0v) is 20.5. The van der Waals surface area contributed by atoms with Crippen LogP contribution in [0.15, 0.2) is 61.4 Å². The van der Waals surface area contributed by atoms with Crippen molar-refractivity contribution in [3.63, 3.8) is 0 Å². The van der Waals surface area contributed by atoms with E-state index in [2.05, 4.69) is 42.4 Å². The number of amides is 1. The van der Waals surface area contributed by atoms with Crippen LogP contribution in [-0.4, -0.2) is 45.6 Å². The maximum absolute atomic E-state index is 12.2. The number of fused-ring (bicyclic) bond motifs is 2. The highest BCUT2D eigenvalue weighted by molar-refractivity contribution is 5.96. The number of aryl methyl sites for hydroxylation is 1. The molecule has 0 radical (unpaired) electrons. The normalized spacial score (nSPS) is 11.4. The number of hydrogen-bond donors (Lipinski definition) is 3. The van der Waals surface area contributed by atoms with Crippen LogP contribution < -0.4 is 5.32 Å². The lowest BCUT2D eigenvalue weighted by atomic mass is 10.1. The van der Waals surface area contributed by atoms with Gasteiger partial charge in [0, 0.05) is 36.0 Å². The Morgan fingerprint density at radius 2 is 2.03 bits per heavy atom. The minimum absolute atomic E-state index is 0.0140. The lowest BCUT2D eigenvalue weighted by Crippen LogP contribution is -2.11. The number of imidazole rings is 1. The number of aromatic nitrogens is 8. The second-order valence-electron chi connectivity index (χ2n) is 8.98. The average molecular weight is 492 g/mol. The molecule has 0 aliphatic carbocycles. The van der Waals surface area contributed by atoms with Gasteiger partial charge in [0.15, 0.2) is 0 Å². The fourth-order valence-electron chi connectivity index (χ4n) is 4.37. The Bertz CT molecular complexity index is 1740. The fourth-order valence-corrected chi connectivity index (χ4v) is 4.37. The molecular formula is C27H25N9O. The van der Waals surface area contributed by atoms with Crippen molar-refractivity contribution in [1.29, 1.82) is 0 Å². The van der Waals surface area contributed by atoms with E-state index >= 15 is 0 Å². The lowest BCUT2D eigenvalue weighted by Gasteiger charge is -2.07. The monoisotopic (exact) mass is 491 g/mol. The van der Waals surface area contributed by atoms with Crippen molar-refractivity contribution in [3.05, 3.63) is 67.1 Å². The summed E-state index contributed by atoms with van der Waals surface area (Å²) in [5, 5.41) is 11.5. The minimum Gasteiger partial charge on any atom is -0.353 e. The summed E-state index contributed by atoms with van der Waals surface area (Å²) in [6.45, 7) is 4.01. The van der Waals surface area contributed by atoms with Crippen LogP contribution in [0.3, 0.4) is 0 Å². The van der Waals surface area contributed by atoms with Gasteiger partial charge < -0.3 is 10.3 Å². The molecule has 0 bridgehead atoms. The van der Waals surface area contributed by atoms with E-state index in [4.69, 9.17) is 4.98 Å². The van der Waals surface area contributed by atoms with Gasteiger partial charge in [0.2, 0.25) is 5.91 Å². The van der Waals surface area contributed by atoms with Crippen molar-refractivity contribution in [1.82, 2.24) is 39.7 Å². The summed E-state index contributed by atoms with van der Waals surface area (Å²) in [6.07, 6.45) is 11.2. The smallest absolute Gasteiger partial charge is 0.224 e. The van der Waals surface area contributed by atoms with Gasteiger partial charge in [0.05, 0.1) is 40.0 Å². The minimum atomic E-state index is -0.0140. The molecule has 10 nitrogen and oxygen atoms in total. The molecule has 0 saturated heterocycles. The predicted molar refractivity (Wildman–Crippen MR) is 142 cm³/mol. The Labute approximate surface area is 212 Å². The molecule has 1 amide bonds. The van der Waals surface area contributed by atoms with Crippen LogP contribution in [0.2, 0.25) is 0 Å². The maximum Gasteiger partial charge on any atom is 0.224 e. The molecule has 0 aliphatic rings. The SMILES string of the molecule is CCCCC(=O)Nc1cncc(-c2ccc3[nH]nc(-c4cc5c(-n6cnc(C)c6)nccc5[nH]4)c3n2)c1. The summed E-state index contributed by atoms with van der Waals surface area (Å²) >= 11 is 0. The van der Waals surface area contributed by atoms with Crippen LogP contribution in [0.5, 0.6) is 0 Å². The number of unbranched alkanes of at least 4 members (excludes halogenated alkanes) is 1. The van der Waals surface area contributed by atoms with E-state index in [1.165, 1.54) is 0 Å². The van der Waals surface area contributed by atoms with Gasteiger partial charge in [-0.1, -0.05) is 13.3 Å². The van der Waals surface area contributed by atoms with E-state index in [0.717, 1.165) is 63.2 Å². The first-order chi connectivity index (χ1) is 18.1. The Balaban J connectivity index is 1.37. The van der Waals surface area contributed by atoms with E-state index < -0.39 is 0 Å². The number of pyridine rings is 3. The second-order valence-corrected chi connectivity index (χ2v) is 8.98. The zero-order valence-electron chi connectivity index (χ0n) is 20.5. The van der Waals surface area contributed by atoms with Crippen molar-refractivity contribution in [2.75, 3.05) is 5.32 Å². The number of anilines is 1. The number of nitrogens with one attached hydrogen (secondary N) is 3. The standard InChI is InChI=1S/C27H25N9O/c1-3-4-5-24(37)31-18-10-17(12-28-13-18)20-6-7-22-25(33-20)26(35-34-22)23-11-19-21(32-23)8-9-29-27(19)36-14-16(2)30-15-36/h6-15,32H,3-5H2,1-2H3,(H,31,37)(H,34,35). The summed E-state index contributed by atoms with van der Waals surface area (Å²) in [7, 11) is 0. The second kappa shape index (κ2) is 9.30. The number of aromatic amines is 2. The molecule has 6 aromatic rings. The van der Waals surface area contributed by atoms with E-state index in [1.54, 1.807) is 24.9 Å². The van der Waals surface area contributed by atoms with Gasteiger partial charge in [-0.05, 0) is 43.7 Å². The van der Waals surface area contributed by atoms with E-state index in [9.17, 15) is 4.79 Å². The van der Waals surface area contributed by atoms with Crippen LogP contribution in [-0.2, 0) is 4.79 Å². The lowest BCUT2D eigenvalue weighted by molar-refractivity contribution is -0.116. The number of rotatable bonds is 7. The molecule has 37 heavy (non-hydrogen) atoms. The largest absolute Gasteiger partial charge is 0.353 e. The van der Waals surface area contributed by atoms with Gasteiger partial charge >= 0.3 is 0 Å². The highest BCUT2D eigenvalue weighted by atomic mass is 16.1. The van der Waals surface area contributed by atoms with Gasteiger partial charge in [0.1, 0.15) is 23.4 Å². The first kappa shape index (κ1) is 22.6. The van der Waals surface area contributed by atoms with Gasteiger partial charge in [-0.2, -0.15) is 5.10 Å². The summed E-state index contributed by atoms with van der Waals surface area (Å²) < 4.78 is 1.91. The molecule has 0 fully saturated rings. The molecule has 3 N–H and O–H groups in total. The van der Waals surface area contributed by atoms with E-state index in [1.807, 2.05) is 48.0 Å². The molecule has 0 unspecified atom stereocenters. The van der Waals surface area contributed by atoms with Gasteiger partial charge in [-0.25, -0.2) is 15.0 Å². The van der Waals surface area contributed by atoms with E-state index in [0.29, 0.717) is 17.8 Å². The van der Waals surface area contributed by atoms with Gasteiger partial charge in [0.25, 0.3) is 0 Å². The molecule has 6 heterocycles. The Kier molecular flexibility index (Phi) is 5.68.